The maximum Gasteiger partial charge on any atom is 0.341 e. The number of sulfonamides is 1. The third-order valence-electron chi connectivity index (χ3n) is 2.56. The zero-order chi connectivity index (χ0) is 14.9. The summed E-state index contributed by atoms with van der Waals surface area (Å²) in [7, 11) is 0.922. The molecular weight excluding hydrogens is 282 g/mol. The Hall–Kier alpha value is -2.13. The number of nitrogen functional groups attached to an aromatic ring is 1. The van der Waals surface area contributed by atoms with Crippen molar-refractivity contribution in [1.82, 2.24) is 19.1 Å². The Balaban J connectivity index is 2.42. The summed E-state index contributed by atoms with van der Waals surface area (Å²) in [5.74, 6) is 0.194. The van der Waals surface area contributed by atoms with E-state index in [0.29, 0.717) is 0 Å². The predicted octanol–water partition coefficient (Wildman–Crippen LogP) is 0.440. The zero-order valence-electron chi connectivity index (χ0n) is 11.3. The van der Waals surface area contributed by atoms with E-state index in [-0.39, 0.29) is 22.3 Å². The molecule has 2 rings (SSSR count). The van der Waals surface area contributed by atoms with Gasteiger partial charge in [0.05, 0.1) is 5.69 Å². The van der Waals surface area contributed by atoms with Crippen molar-refractivity contribution in [3.05, 3.63) is 24.5 Å². The molecule has 2 N–H and O–H groups in total. The number of aromatic nitrogens is 3. The van der Waals surface area contributed by atoms with Gasteiger partial charge < -0.3 is 10.5 Å². The number of hydrogen-bond donors (Lipinski definition) is 1. The molecule has 0 unspecified atom stereocenters. The summed E-state index contributed by atoms with van der Waals surface area (Å²) in [6.07, 6.45) is 1.46. The lowest BCUT2D eigenvalue weighted by Gasteiger charge is -2.14. The second-order valence-electron chi connectivity index (χ2n) is 4.26. The van der Waals surface area contributed by atoms with Crippen LogP contribution in [0.15, 0.2) is 29.4 Å². The average molecular weight is 297 g/mol. The molecule has 0 atom stereocenters. The standard InChI is InChI=1S/C11H15N5O3S/c1-15(2)20(17,18)9-6-4-5-8(10(9)12)19-11-13-7-16(3)14-11/h4-7H,12H2,1-3H3. The van der Waals surface area contributed by atoms with Crippen molar-refractivity contribution in [2.45, 2.75) is 4.90 Å². The van der Waals surface area contributed by atoms with E-state index in [1.807, 2.05) is 0 Å². The first-order chi connectivity index (χ1) is 9.32. The average Bonchev–Trinajstić information content (AvgIpc) is 2.77. The number of anilines is 1. The number of ether oxygens (including phenoxy) is 1. The first kappa shape index (κ1) is 14.3. The van der Waals surface area contributed by atoms with Gasteiger partial charge in [0.2, 0.25) is 10.0 Å². The van der Waals surface area contributed by atoms with Crippen LogP contribution in [-0.2, 0) is 17.1 Å². The van der Waals surface area contributed by atoms with Crippen molar-refractivity contribution in [3.8, 4) is 11.8 Å². The van der Waals surface area contributed by atoms with Crippen LogP contribution in [0.5, 0.6) is 11.8 Å². The Bertz CT molecular complexity index is 723. The van der Waals surface area contributed by atoms with Crippen LogP contribution < -0.4 is 10.5 Å². The molecule has 0 bridgehead atoms. The van der Waals surface area contributed by atoms with E-state index in [1.54, 1.807) is 19.2 Å². The molecule has 1 heterocycles. The molecule has 1 aromatic carbocycles. The number of hydrogen-bond acceptors (Lipinski definition) is 6. The van der Waals surface area contributed by atoms with Crippen LogP contribution in [-0.4, -0.2) is 41.6 Å². The largest absolute Gasteiger partial charge is 0.421 e. The van der Waals surface area contributed by atoms with Crippen molar-refractivity contribution >= 4 is 15.7 Å². The number of benzene rings is 1. The number of aryl methyl sites for hydroxylation is 1. The lowest BCUT2D eigenvalue weighted by molar-refractivity contribution is 0.439. The highest BCUT2D eigenvalue weighted by Crippen LogP contribution is 2.32. The van der Waals surface area contributed by atoms with Gasteiger partial charge in [-0.1, -0.05) is 6.07 Å². The van der Waals surface area contributed by atoms with Crippen LogP contribution in [0, 0.1) is 0 Å². The monoisotopic (exact) mass is 297 g/mol. The molecule has 8 nitrogen and oxygen atoms in total. The number of rotatable bonds is 4. The van der Waals surface area contributed by atoms with Crippen molar-refractivity contribution in [2.75, 3.05) is 19.8 Å². The van der Waals surface area contributed by atoms with E-state index >= 15 is 0 Å². The molecule has 1 aromatic heterocycles. The van der Waals surface area contributed by atoms with E-state index in [9.17, 15) is 8.42 Å². The minimum Gasteiger partial charge on any atom is -0.421 e. The van der Waals surface area contributed by atoms with E-state index < -0.39 is 10.0 Å². The fourth-order valence-electron chi connectivity index (χ4n) is 1.50. The van der Waals surface area contributed by atoms with Crippen molar-refractivity contribution in [2.24, 2.45) is 7.05 Å². The summed E-state index contributed by atoms with van der Waals surface area (Å²) < 4.78 is 32.2. The molecule has 0 amide bonds. The van der Waals surface area contributed by atoms with Gasteiger partial charge in [-0.05, 0) is 12.1 Å². The lowest BCUT2D eigenvalue weighted by atomic mass is 10.3. The molecule has 0 fully saturated rings. The van der Waals surface area contributed by atoms with E-state index in [1.165, 1.54) is 31.2 Å². The summed E-state index contributed by atoms with van der Waals surface area (Å²) >= 11 is 0. The van der Waals surface area contributed by atoms with Gasteiger partial charge in [-0.15, -0.1) is 5.10 Å². The smallest absolute Gasteiger partial charge is 0.341 e. The van der Waals surface area contributed by atoms with Gasteiger partial charge >= 0.3 is 6.01 Å². The van der Waals surface area contributed by atoms with Crippen LogP contribution in [0.3, 0.4) is 0 Å². The van der Waals surface area contributed by atoms with Gasteiger partial charge in [0, 0.05) is 21.1 Å². The number of nitrogens with two attached hydrogens (primary N) is 1. The minimum atomic E-state index is -3.63. The maximum atomic E-state index is 12.1. The van der Waals surface area contributed by atoms with Crippen molar-refractivity contribution in [3.63, 3.8) is 0 Å². The van der Waals surface area contributed by atoms with Crippen molar-refractivity contribution < 1.29 is 13.2 Å². The van der Waals surface area contributed by atoms with E-state index in [4.69, 9.17) is 10.5 Å². The quantitative estimate of drug-likeness (QED) is 0.821. The lowest BCUT2D eigenvalue weighted by Crippen LogP contribution is -2.23. The Morgan fingerprint density at radius 1 is 1.35 bits per heavy atom. The van der Waals surface area contributed by atoms with Gasteiger partial charge in [0.25, 0.3) is 0 Å². The first-order valence-corrected chi connectivity index (χ1v) is 7.11. The molecule has 9 heteroatoms. The Morgan fingerprint density at radius 3 is 2.60 bits per heavy atom. The van der Waals surface area contributed by atoms with Crippen LogP contribution >= 0.6 is 0 Å². The molecule has 0 saturated heterocycles. The fraction of sp³-hybridized carbons (Fsp3) is 0.273. The summed E-state index contributed by atoms with van der Waals surface area (Å²) in [4.78, 5) is 3.88. The van der Waals surface area contributed by atoms with Crippen LogP contribution in [0.25, 0.3) is 0 Å². The molecule has 108 valence electrons. The van der Waals surface area contributed by atoms with Gasteiger partial charge in [-0.25, -0.2) is 12.7 Å². The summed E-state index contributed by atoms with van der Waals surface area (Å²) in [6.45, 7) is 0. The van der Waals surface area contributed by atoms with Crippen LogP contribution in [0.2, 0.25) is 0 Å². The molecule has 0 spiro atoms. The maximum absolute atomic E-state index is 12.1. The molecule has 20 heavy (non-hydrogen) atoms. The molecule has 0 aliphatic carbocycles. The summed E-state index contributed by atoms with van der Waals surface area (Å²) in [5.41, 5.74) is 5.89. The van der Waals surface area contributed by atoms with Gasteiger partial charge in [0.1, 0.15) is 11.2 Å². The second-order valence-corrected chi connectivity index (χ2v) is 6.38. The molecule has 0 saturated carbocycles. The third-order valence-corrected chi connectivity index (χ3v) is 4.44. The van der Waals surface area contributed by atoms with Crippen LogP contribution in [0.1, 0.15) is 0 Å². The zero-order valence-corrected chi connectivity index (χ0v) is 12.1. The molecule has 0 radical (unpaired) electrons. The Kier molecular flexibility index (Phi) is 3.64. The Labute approximate surface area is 116 Å². The Morgan fingerprint density at radius 2 is 2.05 bits per heavy atom. The van der Waals surface area contributed by atoms with E-state index in [0.717, 1.165) is 4.31 Å². The second kappa shape index (κ2) is 5.10. The number of nitrogens with zero attached hydrogens (tertiary/aromatic N) is 4. The number of para-hydroxylation sites is 1. The molecule has 0 aliphatic heterocycles. The van der Waals surface area contributed by atoms with Crippen LogP contribution in [0.4, 0.5) is 5.69 Å². The van der Waals surface area contributed by atoms with E-state index in [2.05, 4.69) is 10.1 Å². The fourth-order valence-corrected chi connectivity index (χ4v) is 2.52. The van der Waals surface area contributed by atoms with Gasteiger partial charge in [0.15, 0.2) is 5.75 Å². The van der Waals surface area contributed by atoms with Crippen molar-refractivity contribution in [1.29, 1.82) is 0 Å². The van der Waals surface area contributed by atoms with Gasteiger partial charge in [-0.2, -0.15) is 4.98 Å². The summed E-state index contributed by atoms with van der Waals surface area (Å²) in [5, 5.41) is 3.94. The highest BCUT2D eigenvalue weighted by atomic mass is 32.2. The topological polar surface area (TPSA) is 103 Å². The highest BCUT2D eigenvalue weighted by molar-refractivity contribution is 7.89. The normalized spacial score (nSPS) is 11.8. The molecule has 0 aliphatic rings. The SMILES string of the molecule is CN(C)S(=O)(=O)c1cccc(Oc2ncn(C)n2)c1N. The van der Waals surface area contributed by atoms with Gasteiger partial charge in [-0.3, -0.25) is 4.68 Å². The molecular formula is C11H15N5O3S. The molecule has 2 aromatic rings. The first-order valence-electron chi connectivity index (χ1n) is 5.67. The summed E-state index contributed by atoms with van der Waals surface area (Å²) in [6, 6.07) is 4.62. The minimum absolute atomic E-state index is 0.0177. The third kappa shape index (κ3) is 2.58. The predicted molar refractivity (Wildman–Crippen MR) is 72.8 cm³/mol. The highest BCUT2D eigenvalue weighted by Gasteiger charge is 2.22.